The van der Waals surface area contributed by atoms with Crippen molar-refractivity contribution in [3.05, 3.63) is 35.4 Å². The van der Waals surface area contributed by atoms with Crippen molar-refractivity contribution >= 4 is 41.9 Å². The maximum absolute atomic E-state index is 12.1. The van der Waals surface area contributed by atoms with Crippen LogP contribution in [0.3, 0.4) is 0 Å². The largest absolute Gasteiger partial charge is 0.444 e. The molecule has 1 aliphatic heterocycles. The van der Waals surface area contributed by atoms with Crippen LogP contribution in [0.2, 0.25) is 0 Å². The highest BCUT2D eigenvalue weighted by molar-refractivity contribution is 14.0. The summed E-state index contributed by atoms with van der Waals surface area (Å²) in [7, 11) is 0. The molecule has 3 N–H and O–H groups in total. The third kappa shape index (κ3) is 11.1. The fourth-order valence-corrected chi connectivity index (χ4v) is 3.28. The van der Waals surface area contributed by atoms with Gasteiger partial charge in [0.25, 0.3) is 0 Å². The summed E-state index contributed by atoms with van der Waals surface area (Å²) in [5.74, 6) is 0.919. The Morgan fingerprint density at radius 1 is 1.09 bits per heavy atom. The zero-order valence-corrected chi connectivity index (χ0v) is 23.1. The first-order valence-corrected chi connectivity index (χ1v) is 11.4. The van der Waals surface area contributed by atoms with Gasteiger partial charge >= 0.3 is 6.09 Å². The maximum atomic E-state index is 12.1. The third-order valence-corrected chi connectivity index (χ3v) is 4.87. The number of hydrogen-bond donors (Lipinski definition) is 3. The van der Waals surface area contributed by atoms with E-state index < -0.39 is 17.2 Å². The molecular formula is C24H40IN5O3. The number of ether oxygens (including phenoxy) is 1. The Labute approximate surface area is 215 Å². The van der Waals surface area contributed by atoms with E-state index in [1.54, 1.807) is 0 Å². The number of hydrogen-bond acceptors (Lipinski definition) is 4. The number of rotatable bonds is 8. The van der Waals surface area contributed by atoms with Gasteiger partial charge in [0.15, 0.2) is 5.96 Å². The minimum atomic E-state index is -0.538. The van der Waals surface area contributed by atoms with Gasteiger partial charge in [-0.25, -0.2) is 9.79 Å². The number of halogens is 1. The Morgan fingerprint density at radius 2 is 1.73 bits per heavy atom. The first-order valence-electron chi connectivity index (χ1n) is 11.4. The Morgan fingerprint density at radius 3 is 2.27 bits per heavy atom. The van der Waals surface area contributed by atoms with Crippen molar-refractivity contribution in [2.24, 2.45) is 4.99 Å². The van der Waals surface area contributed by atoms with E-state index in [2.05, 4.69) is 45.2 Å². The van der Waals surface area contributed by atoms with Crippen LogP contribution in [0, 0.1) is 0 Å². The second-order valence-corrected chi connectivity index (χ2v) is 9.79. The third-order valence-electron chi connectivity index (χ3n) is 4.87. The molecule has 33 heavy (non-hydrogen) atoms. The predicted molar refractivity (Wildman–Crippen MR) is 143 cm³/mol. The van der Waals surface area contributed by atoms with Gasteiger partial charge in [-0.1, -0.05) is 24.3 Å². The van der Waals surface area contributed by atoms with Crippen molar-refractivity contribution in [3.8, 4) is 0 Å². The quantitative estimate of drug-likeness (QED) is 0.250. The molecule has 186 valence electrons. The van der Waals surface area contributed by atoms with E-state index >= 15 is 0 Å². The lowest BCUT2D eigenvalue weighted by Crippen LogP contribution is -2.54. The molecule has 1 saturated heterocycles. The summed E-state index contributed by atoms with van der Waals surface area (Å²) >= 11 is 0. The molecule has 2 rings (SSSR count). The zero-order valence-electron chi connectivity index (χ0n) is 20.8. The van der Waals surface area contributed by atoms with E-state index in [-0.39, 0.29) is 29.9 Å². The number of aliphatic imine (C=N–C) groups is 1. The first-order chi connectivity index (χ1) is 15.0. The molecule has 2 amide bonds. The van der Waals surface area contributed by atoms with E-state index in [4.69, 9.17) is 4.74 Å². The molecule has 0 saturated carbocycles. The molecule has 9 heteroatoms. The molecule has 0 aromatic heterocycles. The van der Waals surface area contributed by atoms with Crippen LogP contribution in [0.25, 0.3) is 0 Å². The molecule has 0 atom stereocenters. The van der Waals surface area contributed by atoms with Crippen LogP contribution in [-0.2, 0) is 22.6 Å². The summed E-state index contributed by atoms with van der Waals surface area (Å²) in [5.41, 5.74) is 1.16. The molecule has 1 aliphatic rings. The van der Waals surface area contributed by atoms with Crippen LogP contribution in [0.15, 0.2) is 29.3 Å². The van der Waals surface area contributed by atoms with Gasteiger partial charge in [-0.15, -0.1) is 24.0 Å². The lowest BCUT2D eigenvalue weighted by molar-refractivity contribution is -0.128. The number of likely N-dealkylation sites (tertiary alicyclic amines) is 1. The Hall–Kier alpha value is -2.04. The summed E-state index contributed by atoms with van der Waals surface area (Å²) in [6.07, 6.45) is 1.18. The van der Waals surface area contributed by atoms with E-state index in [1.807, 2.05) is 46.4 Å². The molecular weight excluding hydrogens is 533 g/mol. The molecule has 1 aromatic rings. The van der Waals surface area contributed by atoms with Crippen LogP contribution in [-0.4, -0.2) is 53.6 Å². The standard InChI is InChI=1S/C24H39N5O3.HI/c1-7-25-21(27-17-24(5,6)28-22(31)32-23(2,3)4)26-15-18-10-12-19(13-11-18)16-29-14-8-9-20(29)30;/h10-13H,7-9,14-17H2,1-6H3,(H,28,31)(H2,25,26,27);1H. The highest BCUT2D eigenvalue weighted by atomic mass is 127. The molecule has 0 spiro atoms. The minimum Gasteiger partial charge on any atom is -0.444 e. The van der Waals surface area contributed by atoms with Gasteiger partial charge in [-0.3, -0.25) is 4.79 Å². The topological polar surface area (TPSA) is 95.1 Å². The van der Waals surface area contributed by atoms with Gasteiger partial charge in [0.1, 0.15) is 5.60 Å². The second-order valence-electron chi connectivity index (χ2n) is 9.79. The highest BCUT2D eigenvalue weighted by Gasteiger charge is 2.25. The molecule has 0 radical (unpaired) electrons. The first kappa shape index (κ1) is 29.0. The minimum absolute atomic E-state index is 0. The number of benzene rings is 1. The van der Waals surface area contributed by atoms with Crippen molar-refractivity contribution in [2.45, 2.75) is 78.6 Å². The predicted octanol–water partition coefficient (Wildman–Crippen LogP) is 3.79. The highest BCUT2D eigenvalue weighted by Crippen LogP contribution is 2.15. The van der Waals surface area contributed by atoms with Crippen molar-refractivity contribution in [3.63, 3.8) is 0 Å². The van der Waals surface area contributed by atoms with Crippen molar-refractivity contribution < 1.29 is 14.3 Å². The maximum Gasteiger partial charge on any atom is 0.408 e. The average molecular weight is 574 g/mol. The number of amides is 2. The van der Waals surface area contributed by atoms with Crippen LogP contribution >= 0.6 is 24.0 Å². The molecule has 8 nitrogen and oxygen atoms in total. The monoisotopic (exact) mass is 573 g/mol. The zero-order chi connectivity index (χ0) is 23.8. The van der Waals surface area contributed by atoms with Crippen LogP contribution < -0.4 is 16.0 Å². The summed E-state index contributed by atoms with van der Waals surface area (Å²) in [6.45, 7) is 14.6. The Kier molecular flexibility index (Phi) is 11.4. The Balaban J connectivity index is 0.00000544. The van der Waals surface area contributed by atoms with E-state index in [1.165, 1.54) is 0 Å². The summed E-state index contributed by atoms with van der Waals surface area (Å²) in [5, 5.41) is 9.41. The molecule has 0 aliphatic carbocycles. The molecule has 0 bridgehead atoms. The molecule has 1 heterocycles. The van der Waals surface area contributed by atoms with E-state index in [9.17, 15) is 9.59 Å². The van der Waals surface area contributed by atoms with Gasteiger partial charge < -0.3 is 25.6 Å². The lowest BCUT2D eigenvalue weighted by atomic mass is 10.1. The summed E-state index contributed by atoms with van der Waals surface area (Å²) in [6, 6.07) is 8.23. The van der Waals surface area contributed by atoms with Gasteiger partial charge in [0.05, 0.1) is 12.1 Å². The lowest BCUT2D eigenvalue weighted by Gasteiger charge is -2.29. The molecule has 1 fully saturated rings. The number of alkyl carbamates (subject to hydrolysis) is 1. The average Bonchev–Trinajstić information content (AvgIpc) is 3.07. The van der Waals surface area contributed by atoms with Gasteiger partial charge in [-0.05, 0) is 59.1 Å². The second kappa shape index (κ2) is 13.0. The number of carbonyl (C=O) groups excluding carboxylic acids is 2. The van der Waals surface area contributed by atoms with Crippen LogP contribution in [0.4, 0.5) is 4.79 Å². The smallest absolute Gasteiger partial charge is 0.408 e. The van der Waals surface area contributed by atoms with Crippen molar-refractivity contribution in [2.75, 3.05) is 19.6 Å². The fourth-order valence-electron chi connectivity index (χ4n) is 3.28. The fraction of sp³-hybridized carbons (Fsp3) is 0.625. The number of nitrogens with one attached hydrogen (secondary N) is 3. The normalized spacial score (nSPS) is 14.5. The van der Waals surface area contributed by atoms with Crippen molar-refractivity contribution in [1.29, 1.82) is 0 Å². The summed E-state index contributed by atoms with van der Waals surface area (Å²) in [4.78, 5) is 30.4. The van der Waals surface area contributed by atoms with Crippen molar-refractivity contribution in [1.82, 2.24) is 20.9 Å². The molecule has 0 unspecified atom stereocenters. The van der Waals surface area contributed by atoms with E-state index in [0.29, 0.717) is 32.0 Å². The Bertz CT molecular complexity index is 803. The SMILES string of the molecule is CCNC(=NCc1ccc(CN2CCCC2=O)cc1)NCC(C)(C)NC(=O)OC(C)(C)C.I. The number of nitrogens with zero attached hydrogens (tertiary/aromatic N) is 2. The number of guanidine groups is 1. The summed E-state index contributed by atoms with van der Waals surface area (Å²) < 4.78 is 5.35. The molecule has 1 aromatic carbocycles. The number of carbonyl (C=O) groups is 2. The van der Waals surface area contributed by atoms with Gasteiger partial charge in [0.2, 0.25) is 5.91 Å². The van der Waals surface area contributed by atoms with E-state index in [0.717, 1.165) is 30.6 Å². The van der Waals surface area contributed by atoms with Crippen LogP contribution in [0.1, 0.15) is 65.5 Å². The van der Waals surface area contributed by atoms with Gasteiger partial charge in [0, 0.05) is 32.6 Å². The van der Waals surface area contributed by atoms with Crippen LogP contribution in [0.5, 0.6) is 0 Å². The van der Waals surface area contributed by atoms with Gasteiger partial charge in [-0.2, -0.15) is 0 Å².